The summed E-state index contributed by atoms with van der Waals surface area (Å²) in [7, 11) is 0. The minimum Gasteiger partial charge on any atom is -0.295 e. The molecule has 1 nitrogen and oxygen atoms in total. The summed E-state index contributed by atoms with van der Waals surface area (Å²) in [6, 6.07) is 8.28. The molecule has 1 aliphatic carbocycles. The Balaban J connectivity index is 2.10. The lowest BCUT2D eigenvalue weighted by Crippen LogP contribution is -2.21. The van der Waals surface area contributed by atoms with Crippen LogP contribution >= 0.6 is 0 Å². The van der Waals surface area contributed by atoms with Crippen molar-refractivity contribution >= 4 is 5.78 Å². The van der Waals surface area contributed by atoms with Crippen LogP contribution in [0.4, 0.5) is 0 Å². The first-order valence-electron chi connectivity index (χ1n) is 7.22. The molecule has 98 valence electrons. The van der Waals surface area contributed by atoms with Gasteiger partial charge in [0.25, 0.3) is 0 Å². The van der Waals surface area contributed by atoms with Crippen LogP contribution in [0.1, 0.15) is 68.3 Å². The zero-order valence-electron chi connectivity index (χ0n) is 11.8. The fourth-order valence-corrected chi connectivity index (χ4v) is 3.34. The van der Waals surface area contributed by atoms with Gasteiger partial charge in [-0.3, -0.25) is 4.79 Å². The Morgan fingerprint density at radius 3 is 2.39 bits per heavy atom. The zero-order valence-corrected chi connectivity index (χ0v) is 11.8. The number of hydrogen-bond donors (Lipinski definition) is 0. The minimum absolute atomic E-state index is 0.157. The van der Waals surface area contributed by atoms with Crippen molar-refractivity contribution in [1.82, 2.24) is 0 Å². The minimum atomic E-state index is 0.157. The molecule has 1 fully saturated rings. The van der Waals surface area contributed by atoms with E-state index in [1.165, 1.54) is 31.2 Å². The molecule has 0 N–H and O–H groups in total. The molecule has 1 aliphatic rings. The van der Waals surface area contributed by atoms with Crippen molar-refractivity contribution in [2.24, 2.45) is 11.8 Å². The summed E-state index contributed by atoms with van der Waals surface area (Å²) in [5.74, 6) is 2.54. The van der Waals surface area contributed by atoms with Crippen LogP contribution in [0.25, 0.3) is 0 Å². The van der Waals surface area contributed by atoms with Crippen molar-refractivity contribution in [1.29, 1.82) is 0 Å². The van der Waals surface area contributed by atoms with Gasteiger partial charge >= 0.3 is 0 Å². The molecule has 1 heteroatoms. The van der Waals surface area contributed by atoms with Gasteiger partial charge in [0.1, 0.15) is 0 Å². The van der Waals surface area contributed by atoms with Gasteiger partial charge in [0.2, 0.25) is 0 Å². The Kier molecular flexibility index (Phi) is 4.21. The third-order valence-electron chi connectivity index (χ3n) is 4.60. The molecule has 2 rings (SSSR count). The maximum absolute atomic E-state index is 11.3. The first-order chi connectivity index (χ1) is 8.61. The van der Waals surface area contributed by atoms with E-state index in [0.29, 0.717) is 5.92 Å². The zero-order chi connectivity index (χ0) is 13.1. The normalized spacial score (nSPS) is 28.1. The highest BCUT2D eigenvalue weighted by molar-refractivity contribution is 5.94. The van der Waals surface area contributed by atoms with E-state index in [1.54, 1.807) is 6.92 Å². The van der Waals surface area contributed by atoms with Gasteiger partial charge in [0.05, 0.1) is 0 Å². The molecule has 0 aliphatic heterocycles. The molecule has 0 aromatic heterocycles. The van der Waals surface area contributed by atoms with Gasteiger partial charge in [-0.05, 0) is 49.5 Å². The summed E-state index contributed by atoms with van der Waals surface area (Å²) < 4.78 is 0. The second-order valence-corrected chi connectivity index (χ2v) is 5.85. The fraction of sp³-hybridized carbons (Fsp3) is 0.588. The van der Waals surface area contributed by atoms with Crippen LogP contribution in [0, 0.1) is 11.8 Å². The molecule has 1 aromatic carbocycles. The Morgan fingerprint density at radius 1 is 1.22 bits per heavy atom. The predicted octanol–water partition coefficient (Wildman–Crippen LogP) is 4.82. The van der Waals surface area contributed by atoms with Crippen LogP contribution in [0.2, 0.25) is 0 Å². The SMILES string of the molecule is CCC1CCC(c2ccc(C(C)=O)cc2)C(C)C1. The number of benzene rings is 1. The third kappa shape index (κ3) is 2.82. The number of rotatable bonds is 3. The van der Waals surface area contributed by atoms with Gasteiger partial charge in [-0.25, -0.2) is 0 Å². The molecule has 0 bridgehead atoms. The number of ketones is 1. The van der Waals surface area contributed by atoms with E-state index >= 15 is 0 Å². The Morgan fingerprint density at radius 2 is 1.89 bits per heavy atom. The summed E-state index contributed by atoms with van der Waals surface area (Å²) in [5.41, 5.74) is 2.25. The second-order valence-electron chi connectivity index (χ2n) is 5.85. The highest BCUT2D eigenvalue weighted by atomic mass is 16.1. The molecular weight excluding hydrogens is 220 g/mol. The van der Waals surface area contributed by atoms with Crippen molar-refractivity contribution in [3.63, 3.8) is 0 Å². The van der Waals surface area contributed by atoms with Gasteiger partial charge in [-0.15, -0.1) is 0 Å². The van der Waals surface area contributed by atoms with Crippen LogP contribution in [-0.2, 0) is 0 Å². The third-order valence-corrected chi connectivity index (χ3v) is 4.60. The maximum atomic E-state index is 11.3. The Hall–Kier alpha value is -1.11. The maximum Gasteiger partial charge on any atom is 0.159 e. The lowest BCUT2D eigenvalue weighted by Gasteiger charge is -2.34. The summed E-state index contributed by atoms with van der Waals surface area (Å²) in [4.78, 5) is 11.3. The van der Waals surface area contributed by atoms with Crippen LogP contribution in [-0.4, -0.2) is 5.78 Å². The van der Waals surface area contributed by atoms with Gasteiger partial charge in [-0.2, -0.15) is 0 Å². The molecule has 3 unspecified atom stereocenters. The van der Waals surface area contributed by atoms with Crippen LogP contribution in [0.15, 0.2) is 24.3 Å². The summed E-state index contributed by atoms with van der Waals surface area (Å²) >= 11 is 0. The quantitative estimate of drug-likeness (QED) is 0.697. The van der Waals surface area contributed by atoms with Crippen molar-refractivity contribution < 1.29 is 4.79 Å². The van der Waals surface area contributed by atoms with E-state index in [-0.39, 0.29) is 5.78 Å². The molecule has 1 aromatic rings. The molecule has 18 heavy (non-hydrogen) atoms. The van der Waals surface area contributed by atoms with Gasteiger partial charge in [-0.1, -0.05) is 44.5 Å². The van der Waals surface area contributed by atoms with Crippen molar-refractivity contribution in [2.75, 3.05) is 0 Å². The van der Waals surface area contributed by atoms with Crippen molar-refractivity contribution in [3.8, 4) is 0 Å². The first-order valence-corrected chi connectivity index (χ1v) is 7.22. The molecule has 0 amide bonds. The van der Waals surface area contributed by atoms with E-state index in [9.17, 15) is 4.79 Å². The average Bonchev–Trinajstić information content (AvgIpc) is 2.38. The fourth-order valence-electron chi connectivity index (χ4n) is 3.34. The van der Waals surface area contributed by atoms with E-state index in [0.717, 1.165) is 17.4 Å². The highest BCUT2D eigenvalue weighted by Crippen LogP contribution is 2.41. The number of carbonyl (C=O) groups is 1. The number of carbonyl (C=O) groups excluding carboxylic acids is 1. The summed E-state index contributed by atoms with van der Waals surface area (Å²) in [6.45, 7) is 6.31. The van der Waals surface area contributed by atoms with Crippen molar-refractivity contribution in [3.05, 3.63) is 35.4 Å². The largest absolute Gasteiger partial charge is 0.295 e. The van der Waals surface area contributed by atoms with E-state index in [2.05, 4.69) is 26.0 Å². The number of hydrogen-bond acceptors (Lipinski definition) is 1. The monoisotopic (exact) mass is 244 g/mol. The van der Waals surface area contributed by atoms with Gasteiger partial charge in [0, 0.05) is 5.56 Å². The molecule has 0 heterocycles. The second kappa shape index (κ2) is 5.69. The summed E-state index contributed by atoms with van der Waals surface area (Å²) in [6.07, 6.45) is 5.34. The van der Waals surface area contributed by atoms with Crippen molar-refractivity contribution in [2.45, 2.75) is 52.4 Å². The molecule has 0 spiro atoms. The molecule has 3 atom stereocenters. The van der Waals surface area contributed by atoms with Crippen LogP contribution in [0.3, 0.4) is 0 Å². The van der Waals surface area contributed by atoms with Crippen LogP contribution < -0.4 is 0 Å². The average molecular weight is 244 g/mol. The van der Waals surface area contributed by atoms with Gasteiger partial charge < -0.3 is 0 Å². The topological polar surface area (TPSA) is 17.1 Å². The van der Waals surface area contributed by atoms with E-state index in [4.69, 9.17) is 0 Å². The lowest BCUT2D eigenvalue weighted by atomic mass is 9.71. The molecule has 1 saturated carbocycles. The smallest absolute Gasteiger partial charge is 0.159 e. The lowest BCUT2D eigenvalue weighted by molar-refractivity contribution is 0.101. The number of Topliss-reactive ketones (excluding diaryl/α,β-unsaturated/α-hetero) is 1. The van der Waals surface area contributed by atoms with Crippen LogP contribution in [0.5, 0.6) is 0 Å². The molecule has 0 radical (unpaired) electrons. The Bertz CT molecular complexity index is 404. The highest BCUT2D eigenvalue weighted by Gasteiger charge is 2.27. The first kappa shape index (κ1) is 13.3. The summed E-state index contributed by atoms with van der Waals surface area (Å²) in [5, 5.41) is 0. The predicted molar refractivity (Wildman–Crippen MR) is 76.0 cm³/mol. The van der Waals surface area contributed by atoms with E-state index in [1.807, 2.05) is 12.1 Å². The molecule has 0 saturated heterocycles. The molecular formula is C17H24O. The Labute approximate surface area is 111 Å². The van der Waals surface area contributed by atoms with Gasteiger partial charge in [0.15, 0.2) is 5.78 Å². The standard InChI is InChI=1S/C17H24O/c1-4-14-5-10-17(12(2)11-14)16-8-6-15(7-9-16)13(3)18/h6-9,12,14,17H,4-5,10-11H2,1-3H3. The van der Waals surface area contributed by atoms with E-state index < -0.39 is 0 Å².